The molecular formula is C22H20N4O3. The number of hydrogen-bond acceptors (Lipinski definition) is 4. The maximum atomic E-state index is 13.0. The van der Waals surface area contributed by atoms with Crippen LogP contribution in [-0.2, 0) is 4.79 Å². The lowest BCUT2D eigenvalue weighted by Crippen LogP contribution is -2.54. The predicted octanol–water partition coefficient (Wildman–Crippen LogP) is 2.41. The van der Waals surface area contributed by atoms with Gasteiger partial charge >= 0.3 is 6.03 Å². The molecule has 2 heterocycles. The molecule has 2 saturated heterocycles. The van der Waals surface area contributed by atoms with Crippen LogP contribution in [0, 0.1) is 11.3 Å². The smallest absolute Gasteiger partial charge is 0.328 e. The van der Waals surface area contributed by atoms with Gasteiger partial charge in [-0.1, -0.05) is 30.3 Å². The van der Waals surface area contributed by atoms with E-state index in [0.717, 1.165) is 5.56 Å². The van der Waals surface area contributed by atoms with Gasteiger partial charge in [-0.05, 0) is 36.8 Å². The zero-order valence-corrected chi connectivity index (χ0v) is 16.0. The van der Waals surface area contributed by atoms with Gasteiger partial charge in [0.15, 0.2) is 0 Å². The van der Waals surface area contributed by atoms with Crippen molar-refractivity contribution in [2.45, 2.75) is 19.0 Å². The number of hydrogen-bond donors (Lipinski definition) is 0. The summed E-state index contributed by atoms with van der Waals surface area (Å²) < 4.78 is 0. The highest BCUT2D eigenvalue weighted by atomic mass is 16.2. The molecular weight excluding hydrogens is 368 g/mol. The summed E-state index contributed by atoms with van der Waals surface area (Å²) in [7, 11) is 0. The summed E-state index contributed by atoms with van der Waals surface area (Å²) in [6.45, 7) is 2.68. The monoisotopic (exact) mass is 388 g/mol. The van der Waals surface area contributed by atoms with Crippen LogP contribution in [0.5, 0.6) is 0 Å². The molecule has 4 amide bonds. The van der Waals surface area contributed by atoms with Gasteiger partial charge in [-0.25, -0.2) is 4.79 Å². The van der Waals surface area contributed by atoms with Gasteiger partial charge in [0.05, 0.1) is 24.2 Å². The number of rotatable bonds is 3. The number of imide groups is 1. The van der Waals surface area contributed by atoms with Gasteiger partial charge in [-0.15, -0.1) is 0 Å². The SMILES string of the molecule is C[C@H](c1ccccc1)N1C(=O)[C@@H]2CN(C(=O)c3ccc(C#N)cc3)CCN2C1=O. The molecule has 0 radical (unpaired) electrons. The molecule has 0 N–H and O–H groups in total. The highest BCUT2D eigenvalue weighted by Gasteiger charge is 2.50. The first kappa shape index (κ1) is 18.7. The van der Waals surface area contributed by atoms with Crippen LogP contribution in [0.4, 0.5) is 4.79 Å². The van der Waals surface area contributed by atoms with Crippen molar-refractivity contribution in [3.8, 4) is 6.07 Å². The van der Waals surface area contributed by atoms with Crippen LogP contribution in [0.25, 0.3) is 0 Å². The van der Waals surface area contributed by atoms with Gasteiger partial charge in [0.1, 0.15) is 6.04 Å². The fraction of sp³-hybridized carbons (Fsp3) is 0.273. The van der Waals surface area contributed by atoms with Crippen molar-refractivity contribution in [3.05, 3.63) is 71.3 Å². The predicted molar refractivity (Wildman–Crippen MR) is 105 cm³/mol. The molecule has 0 saturated carbocycles. The zero-order chi connectivity index (χ0) is 20.5. The van der Waals surface area contributed by atoms with E-state index in [1.54, 1.807) is 34.1 Å². The Morgan fingerprint density at radius 1 is 1.07 bits per heavy atom. The van der Waals surface area contributed by atoms with E-state index in [9.17, 15) is 14.4 Å². The maximum absolute atomic E-state index is 13.0. The van der Waals surface area contributed by atoms with Crippen molar-refractivity contribution in [2.24, 2.45) is 0 Å². The van der Waals surface area contributed by atoms with E-state index in [2.05, 4.69) is 0 Å². The van der Waals surface area contributed by atoms with Crippen LogP contribution in [0.1, 0.15) is 34.5 Å². The van der Waals surface area contributed by atoms with Crippen molar-refractivity contribution in [1.29, 1.82) is 5.26 Å². The largest absolute Gasteiger partial charge is 0.334 e. The molecule has 4 rings (SSSR count). The number of fused-ring (bicyclic) bond motifs is 1. The van der Waals surface area contributed by atoms with Gasteiger partial charge in [0.2, 0.25) is 0 Å². The Kier molecular flexibility index (Phi) is 4.77. The number of piperazine rings is 1. The summed E-state index contributed by atoms with van der Waals surface area (Å²) in [5.74, 6) is -0.479. The van der Waals surface area contributed by atoms with Crippen molar-refractivity contribution < 1.29 is 14.4 Å². The second-order valence-corrected chi connectivity index (χ2v) is 7.23. The average molecular weight is 388 g/mol. The van der Waals surface area contributed by atoms with E-state index in [0.29, 0.717) is 24.2 Å². The third-order valence-corrected chi connectivity index (χ3v) is 5.57. The summed E-state index contributed by atoms with van der Waals surface area (Å²) in [6, 6.07) is 16.5. The lowest BCUT2D eigenvalue weighted by Gasteiger charge is -2.35. The van der Waals surface area contributed by atoms with Crippen LogP contribution in [0.2, 0.25) is 0 Å². The van der Waals surface area contributed by atoms with E-state index in [1.165, 1.54) is 4.90 Å². The topological polar surface area (TPSA) is 84.7 Å². The molecule has 2 aromatic carbocycles. The molecule has 0 aromatic heterocycles. The Hall–Kier alpha value is -3.66. The highest BCUT2D eigenvalue weighted by Crippen LogP contribution is 2.30. The third kappa shape index (κ3) is 3.23. The lowest BCUT2D eigenvalue weighted by molar-refractivity contribution is -0.130. The lowest BCUT2D eigenvalue weighted by atomic mass is 10.1. The van der Waals surface area contributed by atoms with Crippen LogP contribution in [0.3, 0.4) is 0 Å². The number of carbonyl (C=O) groups excluding carboxylic acids is 3. The quantitative estimate of drug-likeness (QED) is 0.756. The Labute approximate surface area is 168 Å². The first-order valence-electron chi connectivity index (χ1n) is 9.49. The molecule has 29 heavy (non-hydrogen) atoms. The Balaban J connectivity index is 1.52. The molecule has 146 valence electrons. The minimum Gasteiger partial charge on any atom is -0.334 e. The molecule has 2 fully saturated rings. The van der Waals surface area contributed by atoms with Gasteiger partial charge in [0.25, 0.3) is 11.8 Å². The first-order chi connectivity index (χ1) is 14.0. The van der Waals surface area contributed by atoms with Crippen LogP contribution < -0.4 is 0 Å². The van der Waals surface area contributed by atoms with Crippen molar-refractivity contribution in [2.75, 3.05) is 19.6 Å². The first-order valence-corrected chi connectivity index (χ1v) is 9.49. The molecule has 2 atom stereocenters. The van der Waals surface area contributed by atoms with E-state index in [1.807, 2.05) is 43.3 Å². The fourth-order valence-electron chi connectivity index (χ4n) is 3.91. The van der Waals surface area contributed by atoms with Crippen LogP contribution >= 0.6 is 0 Å². The fourth-order valence-corrected chi connectivity index (χ4v) is 3.91. The third-order valence-electron chi connectivity index (χ3n) is 5.57. The zero-order valence-electron chi connectivity index (χ0n) is 16.0. The number of nitrogens with zero attached hydrogens (tertiary/aromatic N) is 4. The number of amides is 4. The van der Waals surface area contributed by atoms with Gasteiger partial charge in [-0.2, -0.15) is 5.26 Å². The number of nitriles is 1. The minimum atomic E-state index is -0.662. The van der Waals surface area contributed by atoms with Crippen LogP contribution in [-0.4, -0.2) is 58.2 Å². The Bertz CT molecular complexity index is 997. The average Bonchev–Trinajstić information content (AvgIpc) is 3.03. The standard InChI is InChI=1S/C22H20N4O3/c1-15(17-5-3-2-4-6-17)26-21(28)19-14-24(11-12-25(19)22(26)29)20(27)18-9-7-16(13-23)8-10-18/h2-10,15,19H,11-12,14H2,1H3/t15-,19+/m1/s1. The molecule has 2 aromatic rings. The molecule has 0 spiro atoms. The molecule has 2 aliphatic rings. The maximum Gasteiger partial charge on any atom is 0.328 e. The second-order valence-electron chi connectivity index (χ2n) is 7.23. The molecule has 7 heteroatoms. The van der Waals surface area contributed by atoms with Crippen molar-refractivity contribution in [1.82, 2.24) is 14.7 Å². The molecule has 0 bridgehead atoms. The van der Waals surface area contributed by atoms with Crippen LogP contribution in [0.15, 0.2) is 54.6 Å². The second kappa shape index (κ2) is 7.40. The summed E-state index contributed by atoms with van der Waals surface area (Å²) in [5, 5.41) is 8.90. The van der Waals surface area contributed by atoms with Gasteiger partial charge in [0, 0.05) is 18.7 Å². The number of urea groups is 1. The highest BCUT2D eigenvalue weighted by molar-refractivity contribution is 6.05. The minimum absolute atomic E-state index is 0.168. The molecule has 2 aliphatic heterocycles. The van der Waals surface area contributed by atoms with E-state index in [-0.39, 0.29) is 30.4 Å². The van der Waals surface area contributed by atoms with Crippen molar-refractivity contribution >= 4 is 17.8 Å². The molecule has 0 unspecified atom stereocenters. The Morgan fingerprint density at radius 2 is 1.76 bits per heavy atom. The molecule has 0 aliphatic carbocycles. The number of benzene rings is 2. The summed E-state index contributed by atoms with van der Waals surface area (Å²) in [5.41, 5.74) is 1.83. The normalized spacial score (nSPS) is 19.7. The van der Waals surface area contributed by atoms with E-state index >= 15 is 0 Å². The van der Waals surface area contributed by atoms with Gasteiger partial charge in [-0.3, -0.25) is 14.5 Å². The summed E-state index contributed by atoms with van der Waals surface area (Å²) >= 11 is 0. The van der Waals surface area contributed by atoms with E-state index in [4.69, 9.17) is 5.26 Å². The molecule has 7 nitrogen and oxygen atoms in total. The number of carbonyl (C=O) groups is 3. The van der Waals surface area contributed by atoms with E-state index < -0.39 is 6.04 Å². The van der Waals surface area contributed by atoms with Gasteiger partial charge < -0.3 is 9.80 Å². The summed E-state index contributed by atoms with van der Waals surface area (Å²) in [4.78, 5) is 43.2. The van der Waals surface area contributed by atoms with Crippen molar-refractivity contribution in [3.63, 3.8) is 0 Å². The Morgan fingerprint density at radius 3 is 2.41 bits per heavy atom. The summed E-state index contributed by atoms with van der Waals surface area (Å²) in [6.07, 6.45) is 0.